The number of ether oxygens (including phenoxy) is 1. The van der Waals surface area contributed by atoms with E-state index in [2.05, 4.69) is 9.97 Å². The molecule has 9 heteroatoms. The summed E-state index contributed by atoms with van der Waals surface area (Å²) in [5.41, 5.74) is 0.501. The van der Waals surface area contributed by atoms with Crippen molar-refractivity contribution in [2.45, 2.75) is 43.1 Å². The number of benzene rings is 1. The average Bonchev–Trinajstić information content (AvgIpc) is 2.80. The number of hydrogen-bond acceptors (Lipinski definition) is 6. The van der Waals surface area contributed by atoms with E-state index < -0.39 is 10.0 Å². The first-order valence-corrected chi connectivity index (χ1v) is 11.8. The van der Waals surface area contributed by atoms with Gasteiger partial charge in [-0.3, -0.25) is 9.78 Å². The van der Waals surface area contributed by atoms with Crippen LogP contribution in [0, 0.1) is 0 Å². The molecule has 0 radical (unpaired) electrons. The van der Waals surface area contributed by atoms with Crippen LogP contribution in [-0.4, -0.2) is 65.8 Å². The Labute approximate surface area is 176 Å². The summed E-state index contributed by atoms with van der Waals surface area (Å²) in [5, 5.41) is 0. The predicted molar refractivity (Wildman–Crippen MR) is 111 cm³/mol. The molecule has 30 heavy (non-hydrogen) atoms. The SMILES string of the molecule is O=C(c1ccc(S(=O)(=O)N2CCCCC2)cc1)N1CCC(Oc2cnccn2)CC1. The lowest BCUT2D eigenvalue weighted by Crippen LogP contribution is -2.41. The van der Waals surface area contributed by atoms with Crippen molar-refractivity contribution in [3.8, 4) is 5.88 Å². The molecule has 160 valence electrons. The van der Waals surface area contributed by atoms with Gasteiger partial charge in [-0.05, 0) is 37.1 Å². The number of carbonyl (C=O) groups excluding carboxylic acids is 1. The van der Waals surface area contributed by atoms with Gasteiger partial charge in [0.2, 0.25) is 15.9 Å². The lowest BCUT2D eigenvalue weighted by Gasteiger charge is -2.32. The zero-order valence-corrected chi connectivity index (χ0v) is 17.6. The van der Waals surface area contributed by atoms with Gasteiger partial charge in [0.25, 0.3) is 5.91 Å². The fourth-order valence-corrected chi connectivity index (χ4v) is 5.42. The van der Waals surface area contributed by atoms with Crippen molar-refractivity contribution in [2.75, 3.05) is 26.2 Å². The Morgan fingerprint density at radius 3 is 2.30 bits per heavy atom. The molecule has 0 aliphatic carbocycles. The summed E-state index contributed by atoms with van der Waals surface area (Å²) in [5.74, 6) is 0.405. The van der Waals surface area contributed by atoms with Crippen LogP contribution in [0.3, 0.4) is 0 Å². The summed E-state index contributed by atoms with van der Waals surface area (Å²) in [4.78, 5) is 23.0. The molecule has 2 aliphatic rings. The van der Waals surface area contributed by atoms with Gasteiger partial charge in [0.1, 0.15) is 6.10 Å². The van der Waals surface area contributed by atoms with E-state index in [-0.39, 0.29) is 16.9 Å². The fraction of sp³-hybridized carbons (Fsp3) is 0.476. The van der Waals surface area contributed by atoms with E-state index in [0.29, 0.717) is 50.5 Å². The van der Waals surface area contributed by atoms with Gasteiger partial charge >= 0.3 is 0 Å². The molecule has 0 atom stereocenters. The summed E-state index contributed by atoms with van der Waals surface area (Å²) in [6, 6.07) is 6.31. The Morgan fingerprint density at radius 2 is 1.67 bits per heavy atom. The van der Waals surface area contributed by atoms with E-state index in [4.69, 9.17) is 4.74 Å². The third-order valence-corrected chi connectivity index (χ3v) is 7.52. The van der Waals surface area contributed by atoms with Crippen LogP contribution >= 0.6 is 0 Å². The molecule has 4 rings (SSSR count). The molecule has 2 aliphatic heterocycles. The molecular formula is C21H26N4O4S. The highest BCUT2D eigenvalue weighted by atomic mass is 32.2. The van der Waals surface area contributed by atoms with E-state index in [1.165, 1.54) is 4.31 Å². The molecule has 2 fully saturated rings. The monoisotopic (exact) mass is 430 g/mol. The maximum atomic E-state index is 12.8. The minimum atomic E-state index is -3.49. The Balaban J connectivity index is 1.35. The zero-order chi connectivity index (χ0) is 21.0. The quantitative estimate of drug-likeness (QED) is 0.723. The van der Waals surface area contributed by atoms with E-state index in [1.54, 1.807) is 47.8 Å². The van der Waals surface area contributed by atoms with Crippen LogP contribution < -0.4 is 4.74 Å². The number of nitrogens with zero attached hydrogens (tertiary/aromatic N) is 4. The number of rotatable bonds is 5. The minimum Gasteiger partial charge on any atom is -0.473 e. The summed E-state index contributed by atoms with van der Waals surface area (Å²) < 4.78 is 32.9. The maximum absolute atomic E-state index is 12.8. The molecule has 1 aromatic carbocycles. The molecular weight excluding hydrogens is 404 g/mol. The predicted octanol–water partition coefficient (Wildman–Crippen LogP) is 2.33. The Kier molecular flexibility index (Phi) is 6.29. The number of likely N-dealkylation sites (tertiary alicyclic amines) is 1. The van der Waals surface area contributed by atoms with Crippen molar-refractivity contribution in [1.82, 2.24) is 19.2 Å². The third-order valence-electron chi connectivity index (χ3n) is 5.61. The number of piperidine rings is 2. The van der Waals surface area contributed by atoms with Crippen LogP contribution in [0.2, 0.25) is 0 Å². The maximum Gasteiger partial charge on any atom is 0.253 e. The standard InChI is InChI=1S/C21H26N4O4S/c26-21(24-14-8-18(9-15-24)29-20-16-22-10-11-23-20)17-4-6-19(7-5-17)30(27,28)25-12-2-1-3-13-25/h4-7,10-11,16,18H,1-3,8-9,12-15H2. The molecule has 2 aromatic rings. The molecule has 8 nitrogen and oxygen atoms in total. The second-order valence-electron chi connectivity index (χ2n) is 7.64. The Bertz CT molecular complexity index is 952. The fourth-order valence-electron chi connectivity index (χ4n) is 3.90. The highest BCUT2D eigenvalue weighted by Crippen LogP contribution is 2.22. The topological polar surface area (TPSA) is 92.7 Å². The van der Waals surface area contributed by atoms with Gasteiger partial charge in [-0.1, -0.05) is 6.42 Å². The van der Waals surface area contributed by atoms with Crippen LogP contribution in [0.5, 0.6) is 5.88 Å². The number of sulfonamides is 1. The Morgan fingerprint density at radius 1 is 0.967 bits per heavy atom. The van der Waals surface area contributed by atoms with Crippen LogP contribution in [0.25, 0.3) is 0 Å². The van der Waals surface area contributed by atoms with Crippen molar-refractivity contribution in [3.05, 3.63) is 48.4 Å². The highest BCUT2D eigenvalue weighted by molar-refractivity contribution is 7.89. The van der Waals surface area contributed by atoms with E-state index >= 15 is 0 Å². The van der Waals surface area contributed by atoms with Gasteiger partial charge in [0, 0.05) is 57.0 Å². The molecule has 0 saturated carbocycles. The van der Waals surface area contributed by atoms with Gasteiger partial charge in [-0.15, -0.1) is 0 Å². The van der Waals surface area contributed by atoms with E-state index in [1.807, 2.05) is 0 Å². The second-order valence-corrected chi connectivity index (χ2v) is 9.58. The lowest BCUT2D eigenvalue weighted by molar-refractivity contribution is 0.0587. The third kappa shape index (κ3) is 4.62. The number of aromatic nitrogens is 2. The van der Waals surface area contributed by atoms with Crippen LogP contribution in [0.15, 0.2) is 47.8 Å². The second kappa shape index (κ2) is 9.09. The molecule has 0 N–H and O–H groups in total. The first-order valence-electron chi connectivity index (χ1n) is 10.4. The molecule has 1 amide bonds. The normalized spacial score (nSPS) is 18.9. The van der Waals surface area contributed by atoms with Crippen LogP contribution in [0.1, 0.15) is 42.5 Å². The van der Waals surface area contributed by atoms with Gasteiger partial charge in [0.05, 0.1) is 11.1 Å². The van der Waals surface area contributed by atoms with Gasteiger partial charge in [-0.2, -0.15) is 4.31 Å². The molecule has 2 saturated heterocycles. The summed E-state index contributed by atoms with van der Waals surface area (Å²) in [6.45, 7) is 2.29. The van der Waals surface area contributed by atoms with E-state index in [9.17, 15) is 13.2 Å². The summed E-state index contributed by atoms with van der Waals surface area (Å²) in [7, 11) is -3.49. The number of hydrogen-bond donors (Lipinski definition) is 0. The Hall–Kier alpha value is -2.52. The largest absolute Gasteiger partial charge is 0.473 e. The first-order chi connectivity index (χ1) is 14.5. The van der Waals surface area contributed by atoms with Gasteiger partial charge in [0.15, 0.2) is 0 Å². The molecule has 0 spiro atoms. The first kappa shape index (κ1) is 20.7. The van der Waals surface area contributed by atoms with Crippen LogP contribution in [-0.2, 0) is 10.0 Å². The number of carbonyl (C=O) groups is 1. The van der Waals surface area contributed by atoms with Crippen molar-refractivity contribution in [1.29, 1.82) is 0 Å². The van der Waals surface area contributed by atoms with Crippen molar-refractivity contribution < 1.29 is 17.9 Å². The van der Waals surface area contributed by atoms with Gasteiger partial charge < -0.3 is 9.64 Å². The molecule has 0 bridgehead atoms. The highest BCUT2D eigenvalue weighted by Gasteiger charge is 2.28. The molecule has 1 aromatic heterocycles. The van der Waals surface area contributed by atoms with Gasteiger partial charge in [-0.25, -0.2) is 13.4 Å². The molecule has 0 unspecified atom stereocenters. The lowest BCUT2D eigenvalue weighted by atomic mass is 10.1. The van der Waals surface area contributed by atoms with Crippen molar-refractivity contribution >= 4 is 15.9 Å². The number of amides is 1. The van der Waals surface area contributed by atoms with Crippen LogP contribution in [0.4, 0.5) is 0 Å². The van der Waals surface area contributed by atoms with E-state index in [0.717, 1.165) is 19.3 Å². The molecule has 3 heterocycles. The summed E-state index contributed by atoms with van der Waals surface area (Å²) in [6.07, 6.45) is 9.05. The van der Waals surface area contributed by atoms with Crippen molar-refractivity contribution in [2.24, 2.45) is 0 Å². The zero-order valence-electron chi connectivity index (χ0n) is 16.8. The average molecular weight is 431 g/mol. The van der Waals surface area contributed by atoms with Crippen molar-refractivity contribution in [3.63, 3.8) is 0 Å². The summed E-state index contributed by atoms with van der Waals surface area (Å²) >= 11 is 0. The smallest absolute Gasteiger partial charge is 0.253 e. The minimum absolute atomic E-state index is 0.00260.